The summed E-state index contributed by atoms with van der Waals surface area (Å²) in [6, 6.07) is 9.46. The maximum absolute atomic E-state index is 10.8. The number of aliphatic hydroxyl groups is 1. The molecule has 2 rings (SSSR count). The van der Waals surface area contributed by atoms with E-state index < -0.39 is 32.9 Å². The zero-order valence-electron chi connectivity index (χ0n) is 11.2. The largest absolute Gasteiger partial charge is 0.469 e. The van der Waals surface area contributed by atoms with Crippen molar-refractivity contribution in [3.63, 3.8) is 0 Å². The Morgan fingerprint density at radius 3 is 2.67 bits per heavy atom. The van der Waals surface area contributed by atoms with Crippen LogP contribution in [0, 0.1) is 0 Å². The van der Waals surface area contributed by atoms with E-state index in [-0.39, 0.29) is 6.42 Å². The van der Waals surface area contributed by atoms with Crippen LogP contribution in [0.15, 0.2) is 30.3 Å². The van der Waals surface area contributed by atoms with Crippen molar-refractivity contribution in [3.8, 4) is 0 Å². The second-order valence-electron chi connectivity index (χ2n) is 4.61. The second kappa shape index (κ2) is 7.44. The number of aliphatic hydroxyl groups excluding tert-OH is 1. The van der Waals surface area contributed by atoms with E-state index in [1.54, 1.807) is 0 Å². The minimum atomic E-state index is -4.63. The van der Waals surface area contributed by atoms with Gasteiger partial charge in [-0.15, -0.1) is 0 Å². The van der Waals surface area contributed by atoms with Crippen LogP contribution in [0.1, 0.15) is 12.0 Å². The van der Waals surface area contributed by atoms with Crippen molar-refractivity contribution in [2.75, 3.05) is 6.61 Å². The van der Waals surface area contributed by atoms with Gasteiger partial charge in [-0.25, -0.2) is 4.57 Å². The molecule has 1 aliphatic rings. The average molecular weight is 319 g/mol. The van der Waals surface area contributed by atoms with E-state index >= 15 is 0 Å². The molecule has 1 aromatic carbocycles. The monoisotopic (exact) mass is 319 g/mol. The Bertz CT molecular complexity index is 480. The lowest BCUT2D eigenvalue weighted by Gasteiger charge is -2.16. The Hall–Kier alpha value is -0.830. The molecule has 3 atom stereocenters. The lowest BCUT2D eigenvalue weighted by molar-refractivity contribution is -0.103. The Morgan fingerprint density at radius 2 is 2.05 bits per heavy atom. The molecule has 21 heavy (non-hydrogen) atoms. The molecule has 0 bridgehead atoms. The summed E-state index contributed by atoms with van der Waals surface area (Å²) in [7, 11) is -4.63. The highest BCUT2D eigenvalue weighted by Gasteiger charge is 2.39. The molecule has 1 saturated heterocycles. The summed E-state index contributed by atoms with van der Waals surface area (Å²) in [5.74, 6) is 0. The zero-order chi connectivity index (χ0) is 15.3. The SMILES string of the molecule is O=P(O)(O)O[C@H]1CC(NOCc2ccccc2)O[C@@H]1CO. The molecule has 4 N–H and O–H groups in total. The lowest BCUT2D eigenvalue weighted by Crippen LogP contribution is -2.30. The first-order valence-electron chi connectivity index (χ1n) is 6.39. The summed E-state index contributed by atoms with van der Waals surface area (Å²) in [5, 5.41) is 9.13. The minimum Gasteiger partial charge on any atom is -0.394 e. The van der Waals surface area contributed by atoms with Crippen LogP contribution in [0.4, 0.5) is 0 Å². The van der Waals surface area contributed by atoms with Crippen molar-refractivity contribution >= 4 is 7.82 Å². The number of phosphoric ester groups is 1. The fourth-order valence-electron chi connectivity index (χ4n) is 2.03. The van der Waals surface area contributed by atoms with E-state index in [1.807, 2.05) is 30.3 Å². The van der Waals surface area contributed by atoms with Gasteiger partial charge in [0.05, 0.1) is 13.2 Å². The van der Waals surface area contributed by atoms with Gasteiger partial charge in [0.15, 0.2) is 0 Å². The zero-order valence-corrected chi connectivity index (χ0v) is 12.1. The quantitative estimate of drug-likeness (QED) is 0.418. The number of ether oxygens (including phenoxy) is 1. The molecule has 1 aromatic rings. The molecule has 0 amide bonds. The van der Waals surface area contributed by atoms with Gasteiger partial charge in [-0.1, -0.05) is 30.3 Å². The topological polar surface area (TPSA) is 117 Å². The van der Waals surface area contributed by atoms with Crippen LogP contribution in [0.2, 0.25) is 0 Å². The molecule has 1 fully saturated rings. The molecular formula is C12H18NO7P. The number of benzene rings is 1. The predicted octanol–water partition coefficient (Wildman–Crippen LogP) is 0.293. The van der Waals surface area contributed by atoms with Crippen LogP contribution in [0.3, 0.4) is 0 Å². The highest BCUT2D eigenvalue weighted by atomic mass is 31.2. The first-order valence-corrected chi connectivity index (χ1v) is 7.92. The molecule has 1 aliphatic heterocycles. The van der Waals surface area contributed by atoms with Gasteiger partial charge in [0.1, 0.15) is 18.4 Å². The molecule has 0 saturated carbocycles. The Labute approximate surface area is 121 Å². The summed E-state index contributed by atoms with van der Waals surface area (Å²) in [4.78, 5) is 22.9. The summed E-state index contributed by atoms with van der Waals surface area (Å²) >= 11 is 0. The van der Waals surface area contributed by atoms with Gasteiger partial charge in [0, 0.05) is 6.42 Å². The number of nitrogens with one attached hydrogen (secondary N) is 1. The third-order valence-electron chi connectivity index (χ3n) is 2.95. The summed E-state index contributed by atoms with van der Waals surface area (Å²) in [6.45, 7) is -0.0873. The molecule has 0 radical (unpaired) electrons. The van der Waals surface area contributed by atoms with Crippen LogP contribution >= 0.6 is 7.82 Å². The van der Waals surface area contributed by atoms with Crippen molar-refractivity contribution in [1.82, 2.24) is 5.48 Å². The van der Waals surface area contributed by atoms with E-state index in [9.17, 15) is 4.57 Å². The Kier molecular flexibility index (Phi) is 5.86. The van der Waals surface area contributed by atoms with Gasteiger partial charge in [-0.2, -0.15) is 5.48 Å². The van der Waals surface area contributed by atoms with E-state index in [2.05, 4.69) is 10.0 Å². The molecule has 0 aromatic heterocycles. The molecule has 8 nitrogen and oxygen atoms in total. The molecule has 9 heteroatoms. The maximum atomic E-state index is 10.8. The fourth-order valence-corrected chi connectivity index (χ4v) is 2.61. The van der Waals surface area contributed by atoms with E-state index in [0.717, 1.165) is 5.56 Å². The van der Waals surface area contributed by atoms with Crippen LogP contribution in [0.25, 0.3) is 0 Å². The first-order chi connectivity index (χ1) is 9.98. The summed E-state index contributed by atoms with van der Waals surface area (Å²) in [5.41, 5.74) is 3.61. The van der Waals surface area contributed by atoms with Crippen molar-refractivity contribution in [2.45, 2.75) is 31.5 Å². The number of hydrogen-bond acceptors (Lipinski definition) is 6. The highest BCUT2D eigenvalue weighted by Crippen LogP contribution is 2.41. The van der Waals surface area contributed by atoms with Gasteiger partial charge >= 0.3 is 7.82 Å². The van der Waals surface area contributed by atoms with Gasteiger partial charge in [0.2, 0.25) is 0 Å². The smallest absolute Gasteiger partial charge is 0.394 e. The lowest BCUT2D eigenvalue weighted by atomic mass is 10.2. The fraction of sp³-hybridized carbons (Fsp3) is 0.500. The highest BCUT2D eigenvalue weighted by molar-refractivity contribution is 7.46. The van der Waals surface area contributed by atoms with E-state index in [0.29, 0.717) is 6.61 Å². The van der Waals surface area contributed by atoms with Gasteiger partial charge in [-0.05, 0) is 5.56 Å². The summed E-state index contributed by atoms with van der Waals surface area (Å²) < 4.78 is 20.8. The summed E-state index contributed by atoms with van der Waals surface area (Å²) in [6.07, 6.45) is -2.16. The van der Waals surface area contributed by atoms with Crippen LogP contribution in [-0.2, 0) is 25.3 Å². The average Bonchev–Trinajstić information content (AvgIpc) is 2.80. The molecule has 1 unspecified atom stereocenters. The third-order valence-corrected chi connectivity index (χ3v) is 3.49. The van der Waals surface area contributed by atoms with Crippen molar-refractivity contribution in [1.29, 1.82) is 0 Å². The number of phosphoric acid groups is 1. The number of hydrogen-bond donors (Lipinski definition) is 4. The predicted molar refractivity (Wildman–Crippen MR) is 71.6 cm³/mol. The first kappa shape index (κ1) is 16.5. The number of rotatable bonds is 7. The van der Waals surface area contributed by atoms with Crippen LogP contribution < -0.4 is 5.48 Å². The van der Waals surface area contributed by atoms with Crippen LogP contribution in [0.5, 0.6) is 0 Å². The molecule has 118 valence electrons. The van der Waals surface area contributed by atoms with Crippen molar-refractivity contribution < 1.29 is 33.6 Å². The molecule has 1 heterocycles. The molecule has 0 aliphatic carbocycles. The Morgan fingerprint density at radius 1 is 1.33 bits per heavy atom. The number of hydroxylamine groups is 1. The third kappa shape index (κ3) is 5.46. The maximum Gasteiger partial charge on any atom is 0.469 e. The van der Waals surface area contributed by atoms with Crippen molar-refractivity contribution in [2.24, 2.45) is 0 Å². The Balaban J connectivity index is 1.78. The minimum absolute atomic E-state index is 0.158. The van der Waals surface area contributed by atoms with Gasteiger partial charge in [0.25, 0.3) is 0 Å². The van der Waals surface area contributed by atoms with Gasteiger partial charge < -0.3 is 19.6 Å². The van der Waals surface area contributed by atoms with E-state index in [4.69, 9.17) is 24.5 Å². The van der Waals surface area contributed by atoms with Crippen LogP contribution in [-0.4, -0.2) is 39.9 Å². The standard InChI is InChI=1S/C12H18NO7P/c14-7-11-10(20-21(15,16)17)6-12(19-11)13-18-8-9-4-2-1-3-5-9/h1-5,10-14H,6-8H2,(H2,15,16,17)/t10-,11+,12?/m0/s1. The van der Waals surface area contributed by atoms with Crippen molar-refractivity contribution in [3.05, 3.63) is 35.9 Å². The molecule has 0 spiro atoms. The second-order valence-corrected chi connectivity index (χ2v) is 5.80. The van der Waals surface area contributed by atoms with E-state index in [1.165, 1.54) is 0 Å². The van der Waals surface area contributed by atoms with Gasteiger partial charge in [-0.3, -0.25) is 9.36 Å². The molecular weight excluding hydrogens is 301 g/mol. The normalized spacial score (nSPS) is 26.1.